The summed E-state index contributed by atoms with van der Waals surface area (Å²) in [5.74, 6) is 0. The number of rotatable bonds is 0. The Labute approximate surface area is 81.1 Å². The molecule has 4 heteroatoms. The van der Waals surface area contributed by atoms with Gasteiger partial charge < -0.3 is 5.73 Å². The highest BCUT2D eigenvalue weighted by atomic mass is 35.5. The van der Waals surface area contributed by atoms with E-state index in [1.54, 1.807) is 11.0 Å². The van der Waals surface area contributed by atoms with Crippen molar-refractivity contribution in [1.82, 2.24) is 0 Å². The Morgan fingerprint density at radius 3 is 3.00 bits per heavy atom. The predicted octanol–water partition coefficient (Wildman–Crippen LogP) is 1.78. The highest BCUT2D eigenvalue weighted by Crippen LogP contribution is 2.29. The first kappa shape index (κ1) is 8.38. The van der Waals surface area contributed by atoms with Crippen molar-refractivity contribution in [2.75, 3.05) is 11.4 Å². The van der Waals surface area contributed by atoms with Crippen LogP contribution in [0.25, 0.3) is 0 Å². The van der Waals surface area contributed by atoms with E-state index in [0.29, 0.717) is 11.6 Å². The van der Waals surface area contributed by atoms with Crippen molar-refractivity contribution in [3.63, 3.8) is 0 Å². The summed E-state index contributed by atoms with van der Waals surface area (Å²) in [6, 6.07) is 5.07. The minimum absolute atomic E-state index is 0.402. The largest absolute Gasteiger partial charge is 0.351 e. The first-order valence-electron chi connectivity index (χ1n) is 4.04. The topological polar surface area (TPSA) is 46.3 Å². The molecule has 0 atom stereocenters. The van der Waals surface area contributed by atoms with Crippen LogP contribution < -0.4 is 10.6 Å². The minimum Gasteiger partial charge on any atom is -0.351 e. The number of fused-ring (bicyclic) bond motifs is 1. The number of nitrogens with zero attached hydrogens (tertiary/aromatic N) is 1. The fourth-order valence-corrected chi connectivity index (χ4v) is 1.79. The number of hydrogen-bond acceptors (Lipinski definition) is 1. The van der Waals surface area contributed by atoms with Gasteiger partial charge in [-0.1, -0.05) is 11.6 Å². The third-order valence-corrected chi connectivity index (χ3v) is 2.44. The van der Waals surface area contributed by atoms with Gasteiger partial charge in [0.05, 0.1) is 0 Å². The van der Waals surface area contributed by atoms with Crippen LogP contribution in [0.3, 0.4) is 0 Å². The third-order valence-electron chi connectivity index (χ3n) is 2.20. The lowest BCUT2D eigenvalue weighted by molar-refractivity contribution is 0.254. The molecule has 1 heterocycles. The summed E-state index contributed by atoms with van der Waals surface area (Å²) in [4.78, 5) is 12.5. The molecule has 3 nitrogen and oxygen atoms in total. The lowest BCUT2D eigenvalue weighted by Gasteiger charge is -2.13. The normalized spacial score (nSPS) is 14.4. The number of nitrogens with two attached hydrogens (primary N) is 1. The molecule has 1 aliphatic rings. The molecule has 0 unspecified atom stereocenters. The zero-order chi connectivity index (χ0) is 9.42. The van der Waals surface area contributed by atoms with Crippen LogP contribution in [0.4, 0.5) is 10.5 Å². The van der Waals surface area contributed by atoms with E-state index >= 15 is 0 Å². The van der Waals surface area contributed by atoms with Crippen LogP contribution in [0.1, 0.15) is 5.56 Å². The highest BCUT2D eigenvalue weighted by molar-refractivity contribution is 6.30. The monoisotopic (exact) mass is 196 g/mol. The number of halogens is 1. The van der Waals surface area contributed by atoms with Gasteiger partial charge in [-0.3, -0.25) is 4.90 Å². The average Bonchev–Trinajstić information content (AvgIpc) is 2.46. The van der Waals surface area contributed by atoms with Crippen LogP contribution in [0, 0.1) is 0 Å². The molecule has 0 aromatic heterocycles. The summed E-state index contributed by atoms with van der Waals surface area (Å²) in [5.41, 5.74) is 7.18. The zero-order valence-electron chi connectivity index (χ0n) is 6.96. The molecule has 0 fully saturated rings. The van der Waals surface area contributed by atoms with Crippen molar-refractivity contribution in [2.45, 2.75) is 6.42 Å². The Kier molecular flexibility index (Phi) is 1.88. The second-order valence-corrected chi connectivity index (χ2v) is 3.45. The predicted molar refractivity (Wildman–Crippen MR) is 52.1 cm³/mol. The smallest absolute Gasteiger partial charge is 0.319 e. The molecule has 1 aromatic rings. The van der Waals surface area contributed by atoms with E-state index in [-0.39, 0.29) is 0 Å². The number of primary amides is 1. The molecule has 0 saturated carbocycles. The van der Waals surface area contributed by atoms with E-state index in [0.717, 1.165) is 17.7 Å². The molecule has 0 saturated heterocycles. The van der Waals surface area contributed by atoms with Crippen LogP contribution in [0.2, 0.25) is 5.02 Å². The summed E-state index contributed by atoms with van der Waals surface area (Å²) in [6.07, 6.45) is 0.832. The Bertz CT molecular complexity index is 365. The van der Waals surface area contributed by atoms with Crippen LogP contribution in [-0.4, -0.2) is 12.6 Å². The number of hydrogen-bond donors (Lipinski definition) is 1. The van der Waals surface area contributed by atoms with Gasteiger partial charge in [0.15, 0.2) is 0 Å². The van der Waals surface area contributed by atoms with Crippen molar-refractivity contribution in [3.05, 3.63) is 28.8 Å². The van der Waals surface area contributed by atoms with Crippen molar-refractivity contribution in [2.24, 2.45) is 5.73 Å². The SMILES string of the molecule is NC(=O)N1CCc2cc(Cl)ccc21. The molecule has 2 N–H and O–H groups in total. The maximum atomic E-state index is 11.0. The molecule has 0 bridgehead atoms. The summed E-state index contributed by atoms with van der Waals surface area (Å²) in [6.45, 7) is 0.658. The molecule has 0 aliphatic carbocycles. The fraction of sp³-hybridized carbons (Fsp3) is 0.222. The standard InChI is InChI=1S/C9H9ClN2O/c10-7-1-2-8-6(5-7)3-4-12(8)9(11)13/h1-2,5H,3-4H2,(H2,11,13). The van der Waals surface area contributed by atoms with E-state index in [4.69, 9.17) is 17.3 Å². The van der Waals surface area contributed by atoms with Gasteiger partial charge in [-0.15, -0.1) is 0 Å². The van der Waals surface area contributed by atoms with Crippen LogP contribution in [-0.2, 0) is 6.42 Å². The Morgan fingerprint density at radius 2 is 2.31 bits per heavy atom. The molecule has 2 amide bonds. The second-order valence-electron chi connectivity index (χ2n) is 3.01. The average molecular weight is 197 g/mol. The van der Waals surface area contributed by atoms with Gasteiger partial charge in [0, 0.05) is 17.3 Å². The maximum absolute atomic E-state index is 11.0. The van der Waals surface area contributed by atoms with E-state index in [1.165, 1.54) is 0 Å². The van der Waals surface area contributed by atoms with Crippen LogP contribution in [0.5, 0.6) is 0 Å². The first-order valence-corrected chi connectivity index (χ1v) is 4.41. The van der Waals surface area contributed by atoms with Crippen molar-refractivity contribution in [3.8, 4) is 0 Å². The molecule has 1 aromatic carbocycles. The summed E-state index contributed by atoms with van der Waals surface area (Å²) in [7, 11) is 0. The molecular formula is C9H9ClN2O. The number of carbonyl (C=O) groups is 1. The summed E-state index contributed by atoms with van der Waals surface area (Å²) < 4.78 is 0. The van der Waals surface area contributed by atoms with Crippen LogP contribution >= 0.6 is 11.6 Å². The van der Waals surface area contributed by atoms with E-state index in [2.05, 4.69) is 0 Å². The number of amides is 2. The Balaban J connectivity index is 2.44. The van der Waals surface area contributed by atoms with Crippen LogP contribution in [0.15, 0.2) is 18.2 Å². The van der Waals surface area contributed by atoms with Crippen molar-refractivity contribution in [1.29, 1.82) is 0 Å². The molecule has 0 radical (unpaired) electrons. The number of carbonyl (C=O) groups excluding carboxylic acids is 1. The van der Waals surface area contributed by atoms with Gasteiger partial charge in [-0.05, 0) is 30.2 Å². The number of benzene rings is 1. The lowest BCUT2D eigenvalue weighted by Crippen LogP contribution is -2.33. The summed E-state index contributed by atoms with van der Waals surface area (Å²) in [5, 5.41) is 0.699. The zero-order valence-corrected chi connectivity index (χ0v) is 7.71. The fourth-order valence-electron chi connectivity index (χ4n) is 1.60. The van der Waals surface area contributed by atoms with Gasteiger partial charge in [-0.2, -0.15) is 0 Å². The molecule has 0 spiro atoms. The molecule has 2 rings (SSSR count). The molecule has 1 aliphatic heterocycles. The van der Waals surface area contributed by atoms with Gasteiger partial charge in [0.25, 0.3) is 0 Å². The van der Waals surface area contributed by atoms with Gasteiger partial charge in [-0.25, -0.2) is 4.79 Å². The molecule has 68 valence electrons. The maximum Gasteiger partial charge on any atom is 0.319 e. The molecular weight excluding hydrogens is 188 g/mol. The van der Waals surface area contributed by atoms with E-state index in [1.807, 2.05) is 12.1 Å². The van der Waals surface area contributed by atoms with Crippen molar-refractivity contribution < 1.29 is 4.79 Å². The second kappa shape index (κ2) is 2.92. The number of anilines is 1. The first-order chi connectivity index (χ1) is 6.18. The van der Waals surface area contributed by atoms with Gasteiger partial charge in [0.1, 0.15) is 0 Å². The minimum atomic E-state index is -0.402. The Morgan fingerprint density at radius 1 is 1.54 bits per heavy atom. The Hall–Kier alpha value is -1.22. The van der Waals surface area contributed by atoms with Gasteiger partial charge in [0.2, 0.25) is 0 Å². The van der Waals surface area contributed by atoms with Gasteiger partial charge >= 0.3 is 6.03 Å². The third kappa shape index (κ3) is 1.35. The molecule has 13 heavy (non-hydrogen) atoms. The number of urea groups is 1. The lowest BCUT2D eigenvalue weighted by atomic mass is 10.2. The van der Waals surface area contributed by atoms with E-state index in [9.17, 15) is 4.79 Å². The summed E-state index contributed by atoms with van der Waals surface area (Å²) >= 11 is 5.82. The quantitative estimate of drug-likeness (QED) is 0.676. The van der Waals surface area contributed by atoms with Crippen molar-refractivity contribution >= 4 is 23.3 Å². The van der Waals surface area contributed by atoms with E-state index < -0.39 is 6.03 Å². The highest BCUT2D eigenvalue weighted by Gasteiger charge is 2.22.